The summed E-state index contributed by atoms with van der Waals surface area (Å²) in [4.78, 5) is 27.3. The number of rotatable bonds is 4. The first-order chi connectivity index (χ1) is 16.9. The lowest BCUT2D eigenvalue weighted by Gasteiger charge is -2.16. The number of halogens is 1. The van der Waals surface area contributed by atoms with Crippen LogP contribution in [0.1, 0.15) is 11.3 Å². The Hall–Kier alpha value is -4.84. The van der Waals surface area contributed by atoms with Gasteiger partial charge in [0.05, 0.1) is 47.9 Å². The quantitative estimate of drug-likeness (QED) is 0.394. The number of hydrogen-bond donors (Lipinski definition) is 0. The third-order valence-electron chi connectivity index (χ3n) is 5.76. The summed E-state index contributed by atoms with van der Waals surface area (Å²) in [5.41, 5.74) is 3.22. The third-order valence-corrected chi connectivity index (χ3v) is 5.76. The lowest BCUT2D eigenvalue weighted by Crippen LogP contribution is -2.23. The Morgan fingerprint density at radius 2 is 1.94 bits per heavy atom. The molecule has 5 rings (SSSR count). The molecule has 0 radical (unpaired) electrons. The molecule has 5 aromatic rings. The molecule has 8 nitrogen and oxygen atoms in total. The van der Waals surface area contributed by atoms with Gasteiger partial charge in [-0.2, -0.15) is 5.26 Å². The van der Waals surface area contributed by atoms with Crippen LogP contribution in [-0.2, 0) is 7.05 Å². The summed E-state index contributed by atoms with van der Waals surface area (Å²) in [5.74, 6) is -0.290. The van der Waals surface area contributed by atoms with Gasteiger partial charge in [-0.1, -0.05) is 6.07 Å². The Morgan fingerprint density at radius 1 is 1.11 bits per heavy atom. The first-order valence-corrected chi connectivity index (χ1v) is 10.7. The van der Waals surface area contributed by atoms with Gasteiger partial charge in [0.15, 0.2) is 17.4 Å². The van der Waals surface area contributed by atoms with Crippen LogP contribution in [0.2, 0.25) is 0 Å². The Bertz CT molecular complexity index is 1700. The first-order valence-electron chi connectivity index (χ1n) is 10.7. The van der Waals surface area contributed by atoms with Crippen molar-refractivity contribution in [3.8, 4) is 40.2 Å². The molecule has 0 N–H and O–H groups in total. The zero-order chi connectivity index (χ0) is 24.7. The van der Waals surface area contributed by atoms with Crippen molar-refractivity contribution < 1.29 is 9.13 Å². The van der Waals surface area contributed by atoms with E-state index in [-0.39, 0.29) is 22.6 Å². The van der Waals surface area contributed by atoms with Crippen LogP contribution in [0, 0.1) is 24.1 Å². The molecule has 0 bridgehead atoms. The van der Waals surface area contributed by atoms with Crippen LogP contribution in [0.4, 0.5) is 4.39 Å². The summed E-state index contributed by atoms with van der Waals surface area (Å²) in [5, 5.41) is 9.88. The number of methoxy groups -OCH3 is 1. The zero-order valence-electron chi connectivity index (χ0n) is 19.2. The highest BCUT2D eigenvalue weighted by molar-refractivity contribution is 5.95. The zero-order valence-corrected chi connectivity index (χ0v) is 19.2. The average molecular weight is 466 g/mol. The van der Waals surface area contributed by atoms with E-state index in [2.05, 4.69) is 16.0 Å². The minimum atomic E-state index is -0.620. The number of hydrogen-bond acceptors (Lipinski definition) is 6. The summed E-state index contributed by atoms with van der Waals surface area (Å²) in [6, 6.07) is 13.3. The maximum Gasteiger partial charge on any atom is 0.266 e. The van der Waals surface area contributed by atoms with Gasteiger partial charge >= 0.3 is 0 Å². The van der Waals surface area contributed by atoms with Crippen molar-refractivity contribution in [3.05, 3.63) is 88.6 Å². The number of nitrogens with zero attached hydrogens (tertiary/aromatic N) is 6. The maximum absolute atomic E-state index is 14.6. The molecule has 3 aromatic heterocycles. The maximum atomic E-state index is 14.6. The number of aryl methyl sites for hydroxylation is 2. The standard InChI is InChI=1S/C26H19FN6O2/c1-15-4-5-17(12-30-15)19-8-16(11-28)9-20-24(19)31-25(22-13-29-14-32(22)2)33(26(20)34)18-6-7-23(35-3)21(27)10-18/h4-10,12-14H,1-3H3. The molecule has 9 heteroatoms. The van der Waals surface area contributed by atoms with Crippen molar-refractivity contribution in [2.45, 2.75) is 6.92 Å². The molecule has 0 saturated heterocycles. The van der Waals surface area contributed by atoms with E-state index in [0.29, 0.717) is 27.9 Å². The van der Waals surface area contributed by atoms with Crippen LogP contribution in [-0.4, -0.2) is 31.2 Å². The fourth-order valence-electron chi connectivity index (χ4n) is 3.98. The molecule has 0 atom stereocenters. The molecule has 0 aliphatic rings. The topological polar surface area (TPSA) is 98.6 Å². The highest BCUT2D eigenvalue weighted by Crippen LogP contribution is 2.31. The minimum absolute atomic E-state index is 0.0542. The average Bonchev–Trinajstić information content (AvgIpc) is 3.29. The number of ether oxygens (including phenoxy) is 1. The van der Waals surface area contributed by atoms with E-state index < -0.39 is 11.4 Å². The van der Waals surface area contributed by atoms with E-state index in [9.17, 15) is 14.4 Å². The summed E-state index contributed by atoms with van der Waals surface area (Å²) < 4.78 is 22.7. The van der Waals surface area contributed by atoms with Gasteiger partial charge in [0.25, 0.3) is 5.56 Å². The van der Waals surface area contributed by atoms with E-state index >= 15 is 0 Å². The Kier molecular flexibility index (Phi) is 5.34. The number of fused-ring (bicyclic) bond motifs is 1. The Balaban J connectivity index is 1.92. The van der Waals surface area contributed by atoms with Crippen LogP contribution < -0.4 is 10.3 Å². The molecule has 0 unspecified atom stereocenters. The van der Waals surface area contributed by atoms with Gasteiger partial charge in [0, 0.05) is 36.1 Å². The van der Waals surface area contributed by atoms with E-state index in [1.54, 1.807) is 42.5 Å². The highest BCUT2D eigenvalue weighted by Gasteiger charge is 2.21. The summed E-state index contributed by atoms with van der Waals surface area (Å²) in [6.45, 7) is 1.87. The fourth-order valence-corrected chi connectivity index (χ4v) is 3.98. The van der Waals surface area contributed by atoms with E-state index in [1.165, 1.54) is 29.9 Å². The van der Waals surface area contributed by atoms with Crippen LogP contribution in [0.15, 0.2) is 66.0 Å². The smallest absolute Gasteiger partial charge is 0.266 e. The van der Waals surface area contributed by atoms with Crippen LogP contribution >= 0.6 is 0 Å². The number of nitriles is 1. The molecular formula is C26H19FN6O2. The van der Waals surface area contributed by atoms with Gasteiger partial charge in [-0.05, 0) is 37.3 Å². The second kappa shape index (κ2) is 8.50. The molecule has 35 heavy (non-hydrogen) atoms. The third kappa shape index (κ3) is 3.71. The lowest BCUT2D eigenvalue weighted by molar-refractivity contribution is 0.386. The number of benzene rings is 2. The van der Waals surface area contributed by atoms with Crippen molar-refractivity contribution in [1.82, 2.24) is 24.1 Å². The van der Waals surface area contributed by atoms with Gasteiger partial charge in [-0.25, -0.2) is 14.4 Å². The van der Waals surface area contributed by atoms with E-state index in [4.69, 9.17) is 9.72 Å². The van der Waals surface area contributed by atoms with Crippen molar-refractivity contribution in [1.29, 1.82) is 5.26 Å². The fraction of sp³-hybridized carbons (Fsp3) is 0.115. The lowest BCUT2D eigenvalue weighted by atomic mass is 10.0. The molecule has 0 saturated carbocycles. The van der Waals surface area contributed by atoms with Crippen LogP contribution in [0.25, 0.3) is 39.2 Å². The molecule has 0 fully saturated rings. The SMILES string of the molecule is COc1ccc(-n2c(-c3cncn3C)nc3c(-c4ccc(C)nc4)cc(C#N)cc3c2=O)cc1F. The van der Waals surface area contributed by atoms with Gasteiger partial charge in [-0.15, -0.1) is 0 Å². The molecule has 172 valence electrons. The van der Waals surface area contributed by atoms with Crippen molar-refractivity contribution in [2.75, 3.05) is 7.11 Å². The summed E-state index contributed by atoms with van der Waals surface area (Å²) in [7, 11) is 3.15. The monoisotopic (exact) mass is 466 g/mol. The summed E-state index contributed by atoms with van der Waals surface area (Å²) in [6.07, 6.45) is 4.86. The minimum Gasteiger partial charge on any atom is -0.494 e. The van der Waals surface area contributed by atoms with E-state index in [0.717, 1.165) is 5.69 Å². The van der Waals surface area contributed by atoms with Crippen molar-refractivity contribution in [2.24, 2.45) is 7.05 Å². The van der Waals surface area contributed by atoms with Crippen molar-refractivity contribution in [3.63, 3.8) is 0 Å². The number of pyridine rings is 1. The molecule has 2 aromatic carbocycles. The predicted molar refractivity (Wildman–Crippen MR) is 129 cm³/mol. The largest absolute Gasteiger partial charge is 0.494 e. The van der Waals surface area contributed by atoms with Gasteiger partial charge in [0.1, 0.15) is 5.69 Å². The number of aromatic nitrogens is 5. The number of imidazole rings is 1. The summed E-state index contributed by atoms with van der Waals surface area (Å²) >= 11 is 0. The normalized spacial score (nSPS) is 10.9. The molecule has 0 aliphatic heterocycles. The Labute approximate surface area is 199 Å². The van der Waals surface area contributed by atoms with Gasteiger partial charge in [0.2, 0.25) is 0 Å². The van der Waals surface area contributed by atoms with E-state index in [1.807, 2.05) is 19.1 Å². The molecule has 0 aliphatic carbocycles. The second-order valence-electron chi connectivity index (χ2n) is 8.00. The molecule has 3 heterocycles. The molecular weight excluding hydrogens is 447 g/mol. The van der Waals surface area contributed by atoms with Crippen LogP contribution in [0.3, 0.4) is 0 Å². The van der Waals surface area contributed by atoms with Gasteiger partial charge in [-0.3, -0.25) is 14.3 Å². The first kappa shape index (κ1) is 22.0. The Morgan fingerprint density at radius 3 is 2.57 bits per heavy atom. The predicted octanol–water partition coefficient (Wildman–Crippen LogP) is 4.18. The highest BCUT2D eigenvalue weighted by atomic mass is 19.1. The molecule has 0 amide bonds. The van der Waals surface area contributed by atoms with Gasteiger partial charge < -0.3 is 9.30 Å². The second-order valence-corrected chi connectivity index (χ2v) is 8.00. The van der Waals surface area contributed by atoms with Crippen LogP contribution in [0.5, 0.6) is 5.75 Å². The van der Waals surface area contributed by atoms with Crippen molar-refractivity contribution >= 4 is 10.9 Å². The molecule has 0 spiro atoms.